The Morgan fingerprint density at radius 1 is 1.43 bits per heavy atom. The van der Waals surface area contributed by atoms with Gasteiger partial charge in [0, 0.05) is 24.1 Å². The van der Waals surface area contributed by atoms with Gasteiger partial charge in [0.2, 0.25) is 5.91 Å². The van der Waals surface area contributed by atoms with Crippen molar-refractivity contribution in [3.8, 4) is 0 Å². The van der Waals surface area contributed by atoms with E-state index in [4.69, 9.17) is 10.5 Å². The quantitative estimate of drug-likeness (QED) is 0.872. The van der Waals surface area contributed by atoms with E-state index in [1.54, 1.807) is 6.20 Å². The van der Waals surface area contributed by atoms with Gasteiger partial charge in [-0.1, -0.05) is 12.1 Å². The van der Waals surface area contributed by atoms with Crippen molar-refractivity contribution in [2.75, 3.05) is 18.5 Å². The summed E-state index contributed by atoms with van der Waals surface area (Å²) in [4.78, 5) is 12.2. The van der Waals surface area contributed by atoms with Gasteiger partial charge >= 0.3 is 0 Å². The number of ether oxygens (including phenoxy) is 1. The maximum atomic E-state index is 12.2. The van der Waals surface area contributed by atoms with Gasteiger partial charge in [-0.15, -0.1) is 0 Å². The van der Waals surface area contributed by atoms with E-state index in [1.807, 2.05) is 41.2 Å². The zero-order chi connectivity index (χ0) is 14.7. The SMILES string of the molecule is NC1COCC1C(=O)Nc1cccc(Cn2cccn2)c1. The molecule has 1 aromatic carbocycles. The summed E-state index contributed by atoms with van der Waals surface area (Å²) in [5, 5.41) is 7.08. The van der Waals surface area contributed by atoms with Crippen LogP contribution in [0, 0.1) is 5.92 Å². The molecular weight excluding hydrogens is 268 g/mol. The Morgan fingerprint density at radius 2 is 2.33 bits per heavy atom. The molecule has 0 saturated carbocycles. The smallest absolute Gasteiger partial charge is 0.231 e. The largest absolute Gasteiger partial charge is 0.379 e. The zero-order valence-electron chi connectivity index (χ0n) is 11.6. The second kappa shape index (κ2) is 6.07. The number of carbonyl (C=O) groups excluding carboxylic acids is 1. The second-order valence-electron chi connectivity index (χ2n) is 5.20. The molecule has 6 nitrogen and oxygen atoms in total. The number of aromatic nitrogens is 2. The summed E-state index contributed by atoms with van der Waals surface area (Å²) in [6, 6.07) is 9.39. The molecule has 3 N–H and O–H groups in total. The zero-order valence-corrected chi connectivity index (χ0v) is 11.6. The fraction of sp³-hybridized carbons (Fsp3) is 0.333. The van der Waals surface area contributed by atoms with Gasteiger partial charge in [-0.3, -0.25) is 9.48 Å². The van der Waals surface area contributed by atoms with Gasteiger partial charge in [-0.05, 0) is 23.8 Å². The summed E-state index contributed by atoms with van der Waals surface area (Å²) in [6.07, 6.45) is 3.65. The lowest BCUT2D eigenvalue weighted by molar-refractivity contribution is -0.120. The first-order valence-corrected chi connectivity index (χ1v) is 6.93. The first-order chi connectivity index (χ1) is 10.2. The van der Waals surface area contributed by atoms with Crippen LogP contribution in [0.1, 0.15) is 5.56 Å². The van der Waals surface area contributed by atoms with Crippen LogP contribution in [0.25, 0.3) is 0 Å². The Morgan fingerprint density at radius 3 is 3.05 bits per heavy atom. The van der Waals surface area contributed by atoms with Crippen molar-refractivity contribution in [1.82, 2.24) is 9.78 Å². The van der Waals surface area contributed by atoms with Gasteiger partial charge in [0.15, 0.2) is 0 Å². The van der Waals surface area contributed by atoms with Crippen LogP contribution in [-0.4, -0.2) is 34.9 Å². The highest BCUT2D eigenvalue weighted by Gasteiger charge is 2.31. The first kappa shape index (κ1) is 13.8. The predicted molar refractivity (Wildman–Crippen MR) is 78.7 cm³/mol. The molecule has 6 heteroatoms. The molecule has 3 rings (SSSR count). The molecule has 0 radical (unpaired) electrons. The van der Waals surface area contributed by atoms with Gasteiger partial charge in [0.1, 0.15) is 0 Å². The lowest BCUT2D eigenvalue weighted by Gasteiger charge is -2.14. The number of hydrogen-bond donors (Lipinski definition) is 2. The van der Waals surface area contributed by atoms with Gasteiger partial charge in [0.05, 0.1) is 25.7 Å². The highest BCUT2D eigenvalue weighted by atomic mass is 16.5. The van der Waals surface area contributed by atoms with E-state index < -0.39 is 0 Å². The number of rotatable bonds is 4. The van der Waals surface area contributed by atoms with Gasteiger partial charge < -0.3 is 15.8 Å². The number of nitrogens with zero attached hydrogens (tertiary/aromatic N) is 2. The molecule has 110 valence electrons. The molecule has 1 aliphatic rings. The van der Waals surface area contributed by atoms with Crippen molar-refractivity contribution in [2.24, 2.45) is 11.7 Å². The molecule has 1 saturated heterocycles. The fourth-order valence-electron chi connectivity index (χ4n) is 2.40. The normalized spacial score (nSPS) is 21.4. The van der Waals surface area contributed by atoms with Crippen LogP contribution in [0.5, 0.6) is 0 Å². The van der Waals surface area contributed by atoms with E-state index >= 15 is 0 Å². The minimum absolute atomic E-state index is 0.0868. The molecule has 2 atom stereocenters. The average molecular weight is 286 g/mol. The standard InChI is InChI=1S/C15H18N4O2/c16-14-10-21-9-13(14)15(20)18-12-4-1-3-11(7-12)8-19-6-2-5-17-19/h1-7,13-14H,8-10,16H2,(H,18,20). The predicted octanol–water partition coefficient (Wildman–Crippen LogP) is 0.844. The average Bonchev–Trinajstić information content (AvgIpc) is 3.10. The summed E-state index contributed by atoms with van der Waals surface area (Å²) >= 11 is 0. The highest BCUT2D eigenvalue weighted by Crippen LogP contribution is 2.17. The van der Waals surface area contributed by atoms with E-state index in [1.165, 1.54) is 0 Å². The van der Waals surface area contributed by atoms with Crippen LogP contribution in [0.15, 0.2) is 42.7 Å². The van der Waals surface area contributed by atoms with Crippen LogP contribution in [0.3, 0.4) is 0 Å². The van der Waals surface area contributed by atoms with Crippen LogP contribution in [0.2, 0.25) is 0 Å². The number of anilines is 1. The van der Waals surface area contributed by atoms with Crippen molar-refractivity contribution in [3.63, 3.8) is 0 Å². The molecule has 2 aromatic rings. The van der Waals surface area contributed by atoms with Crippen molar-refractivity contribution in [3.05, 3.63) is 48.3 Å². The Hall–Kier alpha value is -2.18. The van der Waals surface area contributed by atoms with Gasteiger partial charge in [0.25, 0.3) is 0 Å². The molecule has 2 unspecified atom stereocenters. The monoisotopic (exact) mass is 286 g/mol. The minimum Gasteiger partial charge on any atom is -0.379 e. The second-order valence-corrected chi connectivity index (χ2v) is 5.20. The third kappa shape index (κ3) is 3.29. The fourth-order valence-corrected chi connectivity index (χ4v) is 2.40. The number of nitrogens with one attached hydrogen (secondary N) is 1. The van der Waals surface area contributed by atoms with E-state index in [0.29, 0.717) is 19.8 Å². The van der Waals surface area contributed by atoms with E-state index in [-0.39, 0.29) is 17.9 Å². The molecule has 2 heterocycles. The molecule has 1 amide bonds. The number of carbonyl (C=O) groups is 1. The van der Waals surface area contributed by atoms with Gasteiger partial charge in [-0.25, -0.2) is 0 Å². The Balaban J connectivity index is 1.67. The summed E-state index contributed by atoms with van der Waals surface area (Å²) in [6.45, 7) is 1.50. The molecule has 1 aliphatic heterocycles. The first-order valence-electron chi connectivity index (χ1n) is 6.93. The third-order valence-corrected chi connectivity index (χ3v) is 3.56. The van der Waals surface area contributed by atoms with E-state index in [9.17, 15) is 4.79 Å². The van der Waals surface area contributed by atoms with Crippen molar-refractivity contribution >= 4 is 11.6 Å². The molecular formula is C15H18N4O2. The third-order valence-electron chi connectivity index (χ3n) is 3.56. The summed E-state index contributed by atoms with van der Waals surface area (Å²) in [7, 11) is 0. The van der Waals surface area contributed by atoms with E-state index in [0.717, 1.165) is 11.3 Å². The topological polar surface area (TPSA) is 82.2 Å². The lowest BCUT2D eigenvalue weighted by atomic mass is 10.0. The van der Waals surface area contributed by atoms with Crippen LogP contribution >= 0.6 is 0 Å². The lowest BCUT2D eigenvalue weighted by Crippen LogP contribution is -2.37. The Kier molecular flexibility index (Phi) is 3.98. The van der Waals surface area contributed by atoms with Crippen molar-refractivity contribution < 1.29 is 9.53 Å². The number of benzene rings is 1. The van der Waals surface area contributed by atoms with Crippen molar-refractivity contribution in [2.45, 2.75) is 12.6 Å². The molecule has 0 bridgehead atoms. The van der Waals surface area contributed by atoms with Crippen molar-refractivity contribution in [1.29, 1.82) is 0 Å². The summed E-state index contributed by atoms with van der Waals surface area (Å²) in [5.74, 6) is -0.365. The molecule has 0 aliphatic carbocycles. The van der Waals surface area contributed by atoms with Gasteiger partial charge in [-0.2, -0.15) is 5.10 Å². The number of hydrogen-bond acceptors (Lipinski definition) is 4. The van der Waals surface area contributed by atoms with Crippen LogP contribution in [-0.2, 0) is 16.1 Å². The maximum Gasteiger partial charge on any atom is 0.231 e. The summed E-state index contributed by atoms with van der Waals surface area (Å²) < 4.78 is 7.06. The molecule has 0 spiro atoms. The Bertz CT molecular complexity index is 612. The number of amides is 1. The number of nitrogens with two attached hydrogens (primary N) is 1. The molecule has 21 heavy (non-hydrogen) atoms. The van der Waals surface area contributed by atoms with Crippen LogP contribution in [0.4, 0.5) is 5.69 Å². The molecule has 1 aromatic heterocycles. The highest BCUT2D eigenvalue weighted by molar-refractivity contribution is 5.93. The minimum atomic E-state index is -0.278. The van der Waals surface area contributed by atoms with Crippen LogP contribution < -0.4 is 11.1 Å². The van der Waals surface area contributed by atoms with E-state index in [2.05, 4.69) is 10.4 Å². The molecule has 1 fully saturated rings. The summed E-state index contributed by atoms with van der Waals surface area (Å²) in [5.41, 5.74) is 7.70. The Labute approximate surface area is 122 Å². The maximum absolute atomic E-state index is 12.2.